The van der Waals surface area contributed by atoms with Crippen LogP contribution in [0, 0.1) is 0 Å². The van der Waals surface area contributed by atoms with Crippen LogP contribution < -0.4 is 43.4 Å². The fourth-order valence-corrected chi connectivity index (χ4v) is 9.68. The minimum atomic E-state index is -1.66. The van der Waals surface area contributed by atoms with Crippen molar-refractivity contribution in [1.29, 1.82) is 0 Å². The molecule has 0 radical (unpaired) electrons. The van der Waals surface area contributed by atoms with Gasteiger partial charge in [0, 0.05) is 78.6 Å². The zero-order valence-corrected chi connectivity index (χ0v) is 45.8. The highest BCUT2D eigenvalue weighted by Gasteiger charge is 2.36. The smallest absolute Gasteiger partial charge is 0.245 e. The number of rotatable bonds is 31. The number of carbonyl (C=O) groups is 8. The molecule has 0 saturated heterocycles. The van der Waals surface area contributed by atoms with Crippen LogP contribution in [0.4, 0.5) is 0 Å². The average molecular weight is 1120 g/mol. The molecule has 13 N–H and O–H groups in total. The lowest BCUT2D eigenvalue weighted by molar-refractivity contribution is -0.140. The molecule has 8 amide bonds. The number of aromatic nitrogens is 2. The quantitative estimate of drug-likeness (QED) is 0.0222. The summed E-state index contributed by atoms with van der Waals surface area (Å²) in [4.78, 5) is 120. The Bertz CT molecular complexity index is 3010. The maximum Gasteiger partial charge on any atom is 0.245 e. The number of unbranched alkanes of at least 4 members (excludes halogenated alkanes) is 1. The van der Waals surface area contributed by atoms with E-state index in [1.807, 2.05) is 78.9 Å². The predicted molar refractivity (Wildman–Crippen MR) is 309 cm³/mol. The van der Waals surface area contributed by atoms with Crippen LogP contribution in [0.2, 0.25) is 0 Å². The van der Waals surface area contributed by atoms with Crippen LogP contribution in [-0.2, 0) is 64.0 Å². The molecule has 0 unspecified atom stereocenters. The van der Waals surface area contributed by atoms with Gasteiger partial charge in [-0.1, -0.05) is 97.1 Å². The van der Waals surface area contributed by atoms with Crippen LogP contribution in [-0.4, -0.2) is 141 Å². The molecule has 4 aromatic carbocycles. The van der Waals surface area contributed by atoms with Gasteiger partial charge in [-0.3, -0.25) is 38.4 Å². The van der Waals surface area contributed by atoms with E-state index in [1.54, 1.807) is 42.7 Å². The summed E-state index contributed by atoms with van der Waals surface area (Å²) in [6.07, 6.45) is 2.67. The van der Waals surface area contributed by atoms with Gasteiger partial charge in [0.15, 0.2) is 0 Å². The molecule has 2 heterocycles. The molecule has 0 aliphatic heterocycles. The van der Waals surface area contributed by atoms with Gasteiger partial charge in [-0.25, -0.2) is 0 Å². The van der Waals surface area contributed by atoms with Crippen LogP contribution in [0.5, 0.6) is 0 Å². The molecule has 22 heteroatoms. The van der Waals surface area contributed by atoms with Crippen LogP contribution in [0.15, 0.2) is 122 Å². The molecule has 6 rings (SSSR count). The van der Waals surface area contributed by atoms with E-state index >= 15 is 4.79 Å². The lowest BCUT2D eigenvalue weighted by Gasteiger charge is -2.30. The Hall–Kier alpha value is -7.66. The summed E-state index contributed by atoms with van der Waals surface area (Å²) in [5.41, 5.74) is 15.6. The Morgan fingerprint density at radius 3 is 1.49 bits per heavy atom. The van der Waals surface area contributed by atoms with Crippen molar-refractivity contribution in [2.45, 2.75) is 101 Å². The van der Waals surface area contributed by atoms with E-state index < -0.39 is 96.2 Å². The first-order chi connectivity index (χ1) is 38.1. The van der Waals surface area contributed by atoms with Gasteiger partial charge in [-0.05, 0) is 72.9 Å². The third kappa shape index (κ3) is 17.9. The fourth-order valence-electron chi connectivity index (χ4n) is 9.23. The Labute approximate surface area is 469 Å². The van der Waals surface area contributed by atoms with Crippen molar-refractivity contribution in [1.82, 2.24) is 46.8 Å². The number of carbonyl (C=O) groups excluding carboxylic acids is 8. The summed E-state index contributed by atoms with van der Waals surface area (Å²) < 4.78 is 0. The maximum absolute atomic E-state index is 15.0. The molecule has 7 atom stereocenters. The average Bonchev–Trinajstić information content (AvgIpc) is 4.05. The summed E-state index contributed by atoms with van der Waals surface area (Å²) in [7, 11) is 0. The number of H-pyrrole nitrogens is 2. The Morgan fingerprint density at radius 2 is 1.01 bits per heavy atom. The van der Waals surface area contributed by atoms with Gasteiger partial charge in [-0.15, -0.1) is 0 Å². The van der Waals surface area contributed by atoms with Crippen molar-refractivity contribution in [2.24, 2.45) is 11.5 Å². The van der Waals surface area contributed by atoms with E-state index in [0.717, 1.165) is 27.4 Å². The number of aliphatic hydroxyl groups excluding tert-OH is 1. The SMILES string of the molecule is C[C@@H](O)[C@H](NC(=O)[C@H](CCCCN)NC(=O)[C@@H](Cc1c[nH]c2ccccc12)NC(=O)[C@H](Cc1c[nH]c2ccccc12)NC(=O)[C@H](Cc1ccccc1)NC(=O)CCS)C(=O)N[C@@H](Cc1ccccc1)C(=O)N(CCS)CC(N)=O. The van der Waals surface area contributed by atoms with E-state index in [9.17, 15) is 38.7 Å². The zero-order valence-electron chi connectivity index (χ0n) is 44.0. The third-order valence-corrected chi connectivity index (χ3v) is 13.7. The number of amides is 8. The van der Waals surface area contributed by atoms with E-state index in [1.165, 1.54) is 11.8 Å². The van der Waals surface area contributed by atoms with Crippen molar-refractivity contribution in [3.63, 3.8) is 0 Å². The van der Waals surface area contributed by atoms with Crippen molar-refractivity contribution < 1.29 is 43.5 Å². The van der Waals surface area contributed by atoms with Crippen molar-refractivity contribution in [2.75, 3.05) is 31.1 Å². The van der Waals surface area contributed by atoms with E-state index in [-0.39, 0.29) is 63.1 Å². The summed E-state index contributed by atoms with van der Waals surface area (Å²) >= 11 is 8.43. The van der Waals surface area contributed by atoms with Gasteiger partial charge in [0.25, 0.3) is 0 Å². The van der Waals surface area contributed by atoms with Gasteiger partial charge >= 0.3 is 0 Å². The van der Waals surface area contributed by atoms with Crippen LogP contribution in [0.3, 0.4) is 0 Å². The summed E-state index contributed by atoms with van der Waals surface area (Å²) in [5, 5.41) is 29.3. The molecule has 0 fully saturated rings. The van der Waals surface area contributed by atoms with E-state index in [4.69, 9.17) is 11.5 Å². The number of hydrogen-bond donors (Lipinski definition) is 13. The standard InChI is InChI=1S/C57H71N11O9S2/c1-35(69)51(56(76)66-48(29-37-16-6-3-7-17-37)57(77)68(25-27-79)34-49(59)70)67-52(72)44(22-12-13-24-58)63-54(74)46(30-38-32-60-42-20-10-8-18-40(38)42)65-55(75)47(31-39-33-61-43-21-11-9-19-41(39)43)64-53(73)45(62-50(71)23-26-78)28-36-14-4-2-5-15-36/h2-11,14-21,32-33,35,44-48,51,60-61,69,78-79H,12-13,22-31,34,58H2,1H3,(H2,59,70)(H,62,71)(H,63,74)(H,64,73)(H,65,75)(H,66,76)(H,67,72)/t35-,44+,45+,46-,47+,48+,51+/m1/s1. The highest BCUT2D eigenvalue weighted by atomic mass is 32.1. The molecule has 2 aromatic heterocycles. The summed E-state index contributed by atoms with van der Waals surface area (Å²) in [6, 6.07) is 24.5. The fraction of sp³-hybridized carbons (Fsp3) is 0.368. The number of primary amides is 1. The number of aliphatic hydroxyl groups is 1. The largest absolute Gasteiger partial charge is 0.391 e. The number of nitrogens with two attached hydrogens (primary N) is 2. The molecule has 6 aromatic rings. The molecule has 0 saturated carbocycles. The van der Waals surface area contributed by atoms with Gasteiger partial charge < -0.3 is 63.3 Å². The monoisotopic (exact) mass is 1120 g/mol. The number of para-hydroxylation sites is 2. The highest BCUT2D eigenvalue weighted by molar-refractivity contribution is 7.80. The topological polar surface area (TPSA) is 316 Å². The third-order valence-electron chi connectivity index (χ3n) is 13.3. The van der Waals surface area contributed by atoms with Gasteiger partial charge in [-0.2, -0.15) is 25.3 Å². The number of benzene rings is 4. The number of hydrogen-bond acceptors (Lipinski definition) is 12. The predicted octanol–water partition coefficient (Wildman–Crippen LogP) is 1.90. The molecule has 0 aliphatic carbocycles. The van der Waals surface area contributed by atoms with Crippen molar-refractivity contribution in [3.05, 3.63) is 144 Å². The summed E-state index contributed by atoms with van der Waals surface area (Å²) in [6.45, 7) is 1.11. The maximum atomic E-state index is 15.0. The zero-order chi connectivity index (χ0) is 56.8. The lowest BCUT2D eigenvalue weighted by Crippen LogP contribution is -2.62. The molecule has 420 valence electrons. The van der Waals surface area contributed by atoms with Crippen molar-refractivity contribution >= 4 is 94.3 Å². The number of fused-ring (bicyclic) bond motifs is 2. The molecule has 0 bridgehead atoms. The van der Waals surface area contributed by atoms with E-state index in [0.29, 0.717) is 29.5 Å². The first-order valence-electron chi connectivity index (χ1n) is 26.2. The van der Waals surface area contributed by atoms with Crippen LogP contribution in [0.25, 0.3) is 21.8 Å². The molecule has 20 nitrogen and oxygen atoms in total. The van der Waals surface area contributed by atoms with E-state index in [2.05, 4.69) is 67.1 Å². The van der Waals surface area contributed by atoms with Crippen LogP contribution in [0.1, 0.15) is 54.9 Å². The molecular formula is C57H71N11O9S2. The second-order valence-corrected chi connectivity index (χ2v) is 20.2. The van der Waals surface area contributed by atoms with Crippen LogP contribution >= 0.6 is 25.3 Å². The molecule has 0 spiro atoms. The minimum absolute atomic E-state index is 0.0125. The molecule has 79 heavy (non-hydrogen) atoms. The van der Waals surface area contributed by atoms with Gasteiger partial charge in [0.05, 0.1) is 12.6 Å². The Kier molecular flexibility index (Phi) is 23.4. The lowest BCUT2D eigenvalue weighted by atomic mass is 10.00. The first-order valence-corrected chi connectivity index (χ1v) is 27.5. The minimum Gasteiger partial charge on any atom is -0.391 e. The molecular weight excluding hydrogens is 1050 g/mol. The first kappa shape index (κ1) is 60.6. The second kappa shape index (κ2) is 30.5. The highest BCUT2D eigenvalue weighted by Crippen LogP contribution is 2.22. The number of nitrogens with zero attached hydrogens (tertiary/aromatic N) is 1. The summed E-state index contributed by atoms with van der Waals surface area (Å²) in [5.74, 6) is -5.45. The number of thiol groups is 2. The van der Waals surface area contributed by atoms with Gasteiger partial charge in [0.2, 0.25) is 47.3 Å². The van der Waals surface area contributed by atoms with Crippen molar-refractivity contribution in [3.8, 4) is 0 Å². The Balaban J connectivity index is 1.30. The normalized spacial score (nSPS) is 13.9. The second-order valence-electron chi connectivity index (χ2n) is 19.3. The molecule has 0 aliphatic rings. The number of aromatic amines is 2. The number of nitrogens with one attached hydrogen (secondary N) is 8. The Morgan fingerprint density at radius 1 is 0.557 bits per heavy atom. The van der Waals surface area contributed by atoms with Gasteiger partial charge in [0.1, 0.15) is 36.3 Å².